The van der Waals surface area contributed by atoms with Gasteiger partial charge < -0.3 is 15.8 Å². The number of ether oxygens (including phenoxy) is 1. The summed E-state index contributed by atoms with van der Waals surface area (Å²) < 4.78 is 7.05. The summed E-state index contributed by atoms with van der Waals surface area (Å²) in [6.45, 7) is 3.37. The minimum atomic E-state index is -0.0843. The van der Waals surface area contributed by atoms with Crippen LogP contribution in [0.4, 0.5) is 5.82 Å². The number of carbonyl (C=O) groups excluding carboxylic acids is 1. The number of nitrogens with zero attached hydrogens (tertiary/aromatic N) is 2. The lowest BCUT2D eigenvalue weighted by Crippen LogP contribution is -2.37. The van der Waals surface area contributed by atoms with E-state index in [9.17, 15) is 4.79 Å². The zero-order chi connectivity index (χ0) is 13.0. The zero-order valence-electron chi connectivity index (χ0n) is 10.7. The van der Waals surface area contributed by atoms with E-state index in [4.69, 9.17) is 10.5 Å². The molecule has 0 saturated carbocycles. The Bertz CT molecular complexity index is 410. The van der Waals surface area contributed by atoms with Crippen molar-refractivity contribution in [2.75, 3.05) is 18.9 Å². The molecule has 1 saturated heterocycles. The van der Waals surface area contributed by atoms with E-state index in [0.29, 0.717) is 12.4 Å². The van der Waals surface area contributed by atoms with Crippen molar-refractivity contribution in [2.24, 2.45) is 0 Å². The summed E-state index contributed by atoms with van der Waals surface area (Å²) in [5, 5.41) is 7.00. The Labute approximate surface area is 106 Å². The molecule has 1 atom stereocenters. The van der Waals surface area contributed by atoms with Crippen LogP contribution in [0.5, 0.6) is 0 Å². The second-order valence-electron chi connectivity index (χ2n) is 4.66. The molecule has 0 aromatic carbocycles. The number of aryl methyl sites for hydroxylation is 1. The number of amides is 1. The van der Waals surface area contributed by atoms with Crippen LogP contribution in [0.3, 0.4) is 0 Å². The first-order valence-corrected chi connectivity index (χ1v) is 6.33. The Morgan fingerprint density at radius 1 is 1.67 bits per heavy atom. The molecule has 0 bridgehead atoms. The van der Waals surface area contributed by atoms with Crippen molar-refractivity contribution < 1.29 is 9.53 Å². The molecule has 0 unspecified atom stereocenters. The first kappa shape index (κ1) is 12.9. The molecule has 1 aliphatic heterocycles. The highest BCUT2D eigenvalue weighted by atomic mass is 16.5. The van der Waals surface area contributed by atoms with Gasteiger partial charge in [-0.05, 0) is 26.2 Å². The van der Waals surface area contributed by atoms with Crippen LogP contribution in [0.15, 0.2) is 6.07 Å². The normalized spacial score (nSPS) is 19.7. The third kappa shape index (κ3) is 3.46. The molecular weight excluding hydrogens is 232 g/mol. The van der Waals surface area contributed by atoms with Crippen molar-refractivity contribution in [1.82, 2.24) is 15.1 Å². The minimum Gasteiger partial charge on any atom is -0.384 e. The molecule has 6 heteroatoms. The lowest BCUT2D eigenvalue weighted by molar-refractivity contribution is -0.122. The van der Waals surface area contributed by atoms with Gasteiger partial charge >= 0.3 is 0 Å². The van der Waals surface area contributed by atoms with Crippen LogP contribution in [-0.4, -0.2) is 34.9 Å². The van der Waals surface area contributed by atoms with Gasteiger partial charge in [-0.15, -0.1) is 0 Å². The predicted molar refractivity (Wildman–Crippen MR) is 68.0 cm³/mol. The summed E-state index contributed by atoms with van der Waals surface area (Å²) in [6.07, 6.45) is 3.46. The largest absolute Gasteiger partial charge is 0.384 e. The highest BCUT2D eigenvalue weighted by Crippen LogP contribution is 2.11. The molecule has 1 aromatic heterocycles. The van der Waals surface area contributed by atoms with Gasteiger partial charge in [0, 0.05) is 19.2 Å². The summed E-state index contributed by atoms with van der Waals surface area (Å²) in [5.41, 5.74) is 6.54. The van der Waals surface area contributed by atoms with Gasteiger partial charge in [0.05, 0.1) is 11.8 Å². The summed E-state index contributed by atoms with van der Waals surface area (Å²) in [4.78, 5) is 11.7. The quantitative estimate of drug-likeness (QED) is 0.815. The standard InChI is InChI=1S/C12H20N4O2/c1-9-6-11(13)16(15-9)8-12(17)14-7-10-4-2-3-5-18-10/h6,10H,2-5,7-8,13H2,1H3,(H,14,17)/t10-/m1/s1. The lowest BCUT2D eigenvalue weighted by atomic mass is 10.1. The Balaban J connectivity index is 1.76. The van der Waals surface area contributed by atoms with Crippen LogP contribution in [0, 0.1) is 6.92 Å². The number of rotatable bonds is 4. The van der Waals surface area contributed by atoms with E-state index in [1.54, 1.807) is 6.07 Å². The monoisotopic (exact) mass is 252 g/mol. The molecule has 2 heterocycles. The number of nitrogens with one attached hydrogen (secondary N) is 1. The second kappa shape index (κ2) is 5.86. The molecular formula is C12H20N4O2. The Hall–Kier alpha value is -1.56. The van der Waals surface area contributed by atoms with Gasteiger partial charge in [-0.25, -0.2) is 4.68 Å². The molecule has 6 nitrogen and oxygen atoms in total. The molecule has 1 amide bonds. The van der Waals surface area contributed by atoms with Crippen molar-refractivity contribution in [3.05, 3.63) is 11.8 Å². The Morgan fingerprint density at radius 3 is 3.11 bits per heavy atom. The average molecular weight is 252 g/mol. The van der Waals surface area contributed by atoms with Crippen LogP contribution in [0.25, 0.3) is 0 Å². The fraction of sp³-hybridized carbons (Fsp3) is 0.667. The SMILES string of the molecule is Cc1cc(N)n(CC(=O)NC[C@H]2CCCCO2)n1. The van der Waals surface area contributed by atoms with Gasteiger partial charge in [0.15, 0.2) is 0 Å². The van der Waals surface area contributed by atoms with Crippen molar-refractivity contribution >= 4 is 11.7 Å². The molecule has 0 aliphatic carbocycles. The van der Waals surface area contributed by atoms with Gasteiger partial charge in [-0.2, -0.15) is 5.10 Å². The molecule has 1 aliphatic rings. The predicted octanol–water partition coefficient (Wildman–Crippen LogP) is 0.459. The number of nitrogen functional groups attached to an aromatic ring is 1. The van der Waals surface area contributed by atoms with Crippen LogP contribution < -0.4 is 11.1 Å². The van der Waals surface area contributed by atoms with Crippen LogP contribution in [0.2, 0.25) is 0 Å². The van der Waals surface area contributed by atoms with E-state index in [-0.39, 0.29) is 18.6 Å². The minimum absolute atomic E-state index is 0.0843. The number of hydrogen-bond donors (Lipinski definition) is 2. The van der Waals surface area contributed by atoms with Crippen molar-refractivity contribution in [3.63, 3.8) is 0 Å². The van der Waals surface area contributed by atoms with E-state index in [0.717, 1.165) is 25.1 Å². The number of nitrogens with two attached hydrogens (primary N) is 1. The second-order valence-corrected chi connectivity index (χ2v) is 4.66. The van der Waals surface area contributed by atoms with E-state index in [2.05, 4.69) is 10.4 Å². The van der Waals surface area contributed by atoms with Crippen LogP contribution in [0.1, 0.15) is 25.0 Å². The van der Waals surface area contributed by atoms with Gasteiger partial charge in [0.2, 0.25) is 5.91 Å². The van der Waals surface area contributed by atoms with Crippen LogP contribution >= 0.6 is 0 Å². The first-order chi connectivity index (χ1) is 8.65. The molecule has 18 heavy (non-hydrogen) atoms. The maximum absolute atomic E-state index is 11.7. The summed E-state index contributed by atoms with van der Waals surface area (Å²) >= 11 is 0. The van der Waals surface area contributed by atoms with E-state index in [1.165, 1.54) is 11.1 Å². The Kier molecular flexibility index (Phi) is 4.19. The number of anilines is 1. The number of hydrogen-bond acceptors (Lipinski definition) is 4. The number of aromatic nitrogens is 2. The Morgan fingerprint density at radius 2 is 2.50 bits per heavy atom. The van der Waals surface area contributed by atoms with E-state index >= 15 is 0 Å². The van der Waals surface area contributed by atoms with Gasteiger partial charge in [-0.3, -0.25) is 4.79 Å². The van der Waals surface area contributed by atoms with E-state index in [1.807, 2.05) is 6.92 Å². The molecule has 1 fully saturated rings. The fourth-order valence-corrected chi connectivity index (χ4v) is 2.08. The van der Waals surface area contributed by atoms with Crippen molar-refractivity contribution in [1.29, 1.82) is 0 Å². The molecule has 3 N–H and O–H groups in total. The van der Waals surface area contributed by atoms with Crippen molar-refractivity contribution in [3.8, 4) is 0 Å². The first-order valence-electron chi connectivity index (χ1n) is 6.33. The summed E-state index contributed by atoms with van der Waals surface area (Å²) in [6, 6.07) is 1.75. The maximum Gasteiger partial charge on any atom is 0.241 e. The highest BCUT2D eigenvalue weighted by Gasteiger charge is 2.15. The lowest BCUT2D eigenvalue weighted by Gasteiger charge is -2.22. The third-order valence-corrected chi connectivity index (χ3v) is 3.03. The smallest absolute Gasteiger partial charge is 0.241 e. The zero-order valence-corrected chi connectivity index (χ0v) is 10.7. The third-order valence-electron chi connectivity index (χ3n) is 3.03. The molecule has 2 rings (SSSR count). The number of carbonyl (C=O) groups is 1. The topological polar surface area (TPSA) is 82.2 Å². The van der Waals surface area contributed by atoms with Crippen LogP contribution in [-0.2, 0) is 16.1 Å². The van der Waals surface area contributed by atoms with Gasteiger partial charge in [0.1, 0.15) is 12.4 Å². The molecule has 100 valence electrons. The maximum atomic E-state index is 11.7. The van der Waals surface area contributed by atoms with E-state index < -0.39 is 0 Å². The van der Waals surface area contributed by atoms with Crippen molar-refractivity contribution in [2.45, 2.75) is 38.8 Å². The molecule has 1 aromatic rings. The molecule has 0 spiro atoms. The highest BCUT2D eigenvalue weighted by molar-refractivity contribution is 5.76. The fourth-order valence-electron chi connectivity index (χ4n) is 2.08. The van der Waals surface area contributed by atoms with Gasteiger partial charge in [-0.1, -0.05) is 0 Å². The summed E-state index contributed by atoms with van der Waals surface area (Å²) in [7, 11) is 0. The molecule has 0 radical (unpaired) electrons. The average Bonchev–Trinajstić information content (AvgIpc) is 2.67. The van der Waals surface area contributed by atoms with Gasteiger partial charge in [0.25, 0.3) is 0 Å². The summed E-state index contributed by atoms with van der Waals surface area (Å²) in [5.74, 6) is 0.426.